The molecule has 1 unspecified atom stereocenters. The lowest BCUT2D eigenvalue weighted by molar-refractivity contribution is 0.300. The molecule has 0 spiro atoms. The van der Waals surface area contributed by atoms with E-state index in [1.807, 2.05) is 60.7 Å². The average Bonchev–Trinajstić information content (AvgIpc) is 3.29. The summed E-state index contributed by atoms with van der Waals surface area (Å²) in [7, 11) is 0. The molecular weight excluding hydrogens is 429 g/mol. The fourth-order valence-corrected chi connectivity index (χ4v) is 4.29. The van der Waals surface area contributed by atoms with Gasteiger partial charge < -0.3 is 15.1 Å². The zero-order valence-electron chi connectivity index (χ0n) is 18.3. The average molecular weight is 452 g/mol. The second kappa shape index (κ2) is 8.59. The summed E-state index contributed by atoms with van der Waals surface area (Å²) in [4.78, 5) is 13.1. The molecule has 2 N–H and O–H groups in total. The third-order valence-corrected chi connectivity index (χ3v) is 6.03. The summed E-state index contributed by atoms with van der Waals surface area (Å²) in [5.74, 6) is 0.559. The Morgan fingerprint density at radius 3 is 2.50 bits per heavy atom. The van der Waals surface area contributed by atoms with Crippen molar-refractivity contribution in [3.05, 3.63) is 90.5 Å². The number of rotatable bonds is 5. The van der Waals surface area contributed by atoms with Gasteiger partial charge in [-0.3, -0.25) is 9.97 Å². The lowest BCUT2D eigenvalue weighted by Gasteiger charge is -2.21. The van der Waals surface area contributed by atoms with Crippen molar-refractivity contribution >= 4 is 33.8 Å². The number of alkyl halides is 1. The first-order valence-corrected chi connectivity index (χ1v) is 11.3. The highest BCUT2D eigenvalue weighted by Gasteiger charge is 2.21. The van der Waals surface area contributed by atoms with Crippen LogP contribution in [0.3, 0.4) is 0 Å². The fourth-order valence-electron chi connectivity index (χ4n) is 4.29. The predicted molar refractivity (Wildman–Crippen MR) is 131 cm³/mol. The smallest absolute Gasteiger partial charge is 0.227 e. The van der Waals surface area contributed by atoms with Crippen LogP contribution in [0.4, 0.5) is 27.1 Å². The predicted octanol–water partition coefficient (Wildman–Crippen LogP) is 6.60. The molecule has 3 heterocycles. The summed E-state index contributed by atoms with van der Waals surface area (Å²) in [6.07, 6.45) is 6.07. The Labute approximate surface area is 195 Å². The Balaban J connectivity index is 1.23. The van der Waals surface area contributed by atoms with E-state index in [4.69, 9.17) is 4.42 Å². The van der Waals surface area contributed by atoms with Gasteiger partial charge in [-0.2, -0.15) is 0 Å². The third kappa shape index (κ3) is 4.08. The van der Waals surface area contributed by atoms with E-state index in [2.05, 4.69) is 25.6 Å². The zero-order chi connectivity index (χ0) is 22.9. The number of pyridine rings is 2. The van der Waals surface area contributed by atoms with E-state index in [1.54, 1.807) is 18.6 Å². The number of nitrogens with one attached hydrogen (secondary N) is 2. The number of nitrogens with zero attached hydrogens (tertiary/aromatic N) is 3. The van der Waals surface area contributed by atoms with Gasteiger partial charge in [-0.25, -0.2) is 9.37 Å². The Kier molecular flexibility index (Phi) is 5.14. The maximum Gasteiger partial charge on any atom is 0.227 e. The maximum absolute atomic E-state index is 14.0. The topological polar surface area (TPSA) is 75.9 Å². The first-order valence-electron chi connectivity index (χ1n) is 11.3. The fraction of sp³-hybridized carbons (Fsp3) is 0.148. The summed E-state index contributed by atoms with van der Waals surface area (Å²) in [5, 5.41) is 6.75. The Bertz CT molecular complexity index is 1450. The minimum Gasteiger partial charge on any atom is -0.436 e. The van der Waals surface area contributed by atoms with Crippen LogP contribution in [-0.2, 0) is 12.8 Å². The number of hydrogen-bond acceptors (Lipinski definition) is 6. The van der Waals surface area contributed by atoms with Crippen molar-refractivity contribution in [2.75, 3.05) is 10.6 Å². The maximum atomic E-state index is 14.0. The highest BCUT2D eigenvalue weighted by molar-refractivity contribution is 5.81. The minimum atomic E-state index is -0.817. The first-order chi connectivity index (χ1) is 16.7. The molecule has 0 bridgehead atoms. The van der Waals surface area contributed by atoms with Crippen LogP contribution in [-0.4, -0.2) is 21.1 Å². The molecule has 1 aliphatic rings. The number of aromatic nitrogens is 3. The van der Waals surface area contributed by atoms with Gasteiger partial charge in [-0.15, -0.1) is 0 Å². The van der Waals surface area contributed by atoms with Gasteiger partial charge in [0, 0.05) is 65.1 Å². The number of oxazole rings is 1. The van der Waals surface area contributed by atoms with Crippen LogP contribution < -0.4 is 10.6 Å². The largest absolute Gasteiger partial charge is 0.436 e. The van der Waals surface area contributed by atoms with Crippen molar-refractivity contribution in [1.82, 2.24) is 15.0 Å². The van der Waals surface area contributed by atoms with Gasteiger partial charge in [-0.1, -0.05) is 0 Å². The van der Waals surface area contributed by atoms with Crippen LogP contribution >= 0.6 is 0 Å². The first kappa shape index (κ1) is 20.4. The Morgan fingerprint density at radius 1 is 0.853 bits per heavy atom. The molecule has 0 aliphatic heterocycles. The van der Waals surface area contributed by atoms with Crippen LogP contribution in [0, 0.1) is 0 Å². The molecule has 6 nitrogen and oxygen atoms in total. The zero-order valence-corrected chi connectivity index (χ0v) is 18.3. The molecule has 0 saturated carbocycles. The van der Waals surface area contributed by atoms with E-state index in [0.29, 0.717) is 30.7 Å². The van der Waals surface area contributed by atoms with Crippen molar-refractivity contribution in [3.8, 4) is 11.5 Å². The molecule has 7 heteroatoms. The standard InChI is InChI=1S/C27H22FN5O/c28-18-3-7-23-22(15-18)24(11-14-30-23)32-21-6-8-25-26(16-21)34-27(33-25)17-1-4-19(5-2-17)31-20-9-12-29-13-10-20/h1-2,4-6,8-14,16,18H,3,7,15H2,(H,29,31)(H,30,32). The van der Waals surface area contributed by atoms with Gasteiger partial charge in [-0.05, 0) is 73.0 Å². The Morgan fingerprint density at radius 2 is 1.65 bits per heavy atom. The molecule has 1 aliphatic carbocycles. The van der Waals surface area contributed by atoms with Gasteiger partial charge >= 0.3 is 0 Å². The van der Waals surface area contributed by atoms with Gasteiger partial charge in [0.15, 0.2) is 5.58 Å². The highest BCUT2D eigenvalue weighted by atomic mass is 19.1. The van der Waals surface area contributed by atoms with Crippen LogP contribution in [0.15, 0.2) is 83.7 Å². The molecule has 0 amide bonds. The summed E-state index contributed by atoms with van der Waals surface area (Å²) in [6, 6.07) is 19.5. The van der Waals surface area contributed by atoms with E-state index < -0.39 is 6.17 Å². The minimum absolute atomic E-state index is 0.395. The molecule has 6 rings (SSSR count). The number of hydrogen-bond donors (Lipinski definition) is 2. The van der Waals surface area contributed by atoms with Gasteiger partial charge in [0.1, 0.15) is 11.7 Å². The molecule has 1 atom stereocenters. The van der Waals surface area contributed by atoms with E-state index in [1.165, 1.54) is 0 Å². The normalized spacial score (nSPS) is 15.1. The molecular formula is C27H22FN5O. The molecule has 0 fully saturated rings. The quantitative estimate of drug-likeness (QED) is 0.314. The number of halogens is 1. The monoisotopic (exact) mass is 451 g/mol. The van der Waals surface area contributed by atoms with E-state index >= 15 is 0 Å². The Hall–Kier alpha value is -4.26. The van der Waals surface area contributed by atoms with Gasteiger partial charge in [0.2, 0.25) is 5.89 Å². The molecule has 3 aromatic heterocycles. The van der Waals surface area contributed by atoms with Crippen LogP contribution in [0.2, 0.25) is 0 Å². The summed E-state index contributed by atoms with van der Waals surface area (Å²) < 4.78 is 20.1. The number of benzene rings is 2. The van der Waals surface area contributed by atoms with Crippen molar-refractivity contribution in [2.24, 2.45) is 0 Å². The number of fused-ring (bicyclic) bond motifs is 2. The van der Waals surface area contributed by atoms with Crippen molar-refractivity contribution in [3.63, 3.8) is 0 Å². The third-order valence-electron chi connectivity index (χ3n) is 6.03. The summed E-state index contributed by atoms with van der Waals surface area (Å²) >= 11 is 0. The van der Waals surface area contributed by atoms with Gasteiger partial charge in [0.05, 0.1) is 0 Å². The van der Waals surface area contributed by atoms with Crippen LogP contribution in [0.25, 0.3) is 22.6 Å². The van der Waals surface area contributed by atoms with Crippen LogP contribution in [0.1, 0.15) is 17.7 Å². The van der Waals surface area contributed by atoms with E-state index in [0.717, 1.165) is 45.1 Å². The van der Waals surface area contributed by atoms with Crippen molar-refractivity contribution in [2.45, 2.75) is 25.4 Å². The van der Waals surface area contributed by atoms with E-state index in [-0.39, 0.29) is 0 Å². The van der Waals surface area contributed by atoms with Crippen molar-refractivity contribution in [1.29, 1.82) is 0 Å². The summed E-state index contributed by atoms with van der Waals surface area (Å²) in [5.41, 5.74) is 7.98. The molecule has 168 valence electrons. The molecule has 0 saturated heterocycles. The lowest BCUT2D eigenvalue weighted by atomic mass is 9.93. The SMILES string of the molecule is FC1CCc2nccc(Nc3ccc4nc(-c5ccc(Nc6ccncc6)cc5)oc4c3)c2C1. The van der Waals surface area contributed by atoms with E-state index in [9.17, 15) is 4.39 Å². The number of anilines is 4. The highest BCUT2D eigenvalue weighted by Crippen LogP contribution is 2.32. The number of aryl methyl sites for hydroxylation is 1. The van der Waals surface area contributed by atoms with Crippen LogP contribution in [0.5, 0.6) is 0 Å². The second-order valence-electron chi connectivity index (χ2n) is 8.39. The van der Waals surface area contributed by atoms with Gasteiger partial charge in [0.25, 0.3) is 0 Å². The molecule has 0 radical (unpaired) electrons. The summed E-state index contributed by atoms with van der Waals surface area (Å²) in [6.45, 7) is 0. The second-order valence-corrected chi connectivity index (χ2v) is 8.39. The molecule has 2 aromatic carbocycles. The molecule has 5 aromatic rings. The molecule has 34 heavy (non-hydrogen) atoms. The van der Waals surface area contributed by atoms with Crippen molar-refractivity contribution < 1.29 is 8.81 Å². The lowest BCUT2D eigenvalue weighted by Crippen LogP contribution is -2.17.